The van der Waals surface area contributed by atoms with E-state index >= 15 is 0 Å². The van der Waals surface area contributed by atoms with Crippen molar-refractivity contribution >= 4 is 11.9 Å². The topological polar surface area (TPSA) is 83.6 Å². The Morgan fingerprint density at radius 1 is 1.64 bits per heavy atom. The van der Waals surface area contributed by atoms with E-state index in [4.69, 9.17) is 10.9 Å². The second kappa shape index (κ2) is 4.45. The molecule has 0 aromatic carbocycles. The Hall–Kier alpha value is -1.36. The molecule has 3 N–H and O–H groups in total. The minimum Gasteiger partial charge on any atom is -0.480 e. The number of hydrogen-bond donors (Lipinski definition) is 2. The van der Waals surface area contributed by atoms with Crippen molar-refractivity contribution in [2.45, 2.75) is 6.92 Å². The molecule has 0 aliphatic carbocycles. The first-order valence-corrected chi connectivity index (χ1v) is 2.98. The van der Waals surface area contributed by atoms with Gasteiger partial charge in [-0.15, -0.1) is 0 Å². The normalized spacial score (nSPS) is 10.0. The summed E-state index contributed by atoms with van der Waals surface area (Å²) in [4.78, 5) is 20.7. The molecule has 5 nitrogen and oxygen atoms in total. The highest BCUT2D eigenvalue weighted by Crippen LogP contribution is 1.82. The van der Waals surface area contributed by atoms with Gasteiger partial charge in [0.05, 0.1) is 0 Å². The van der Waals surface area contributed by atoms with E-state index in [1.54, 1.807) is 6.92 Å². The number of amides is 1. The lowest BCUT2D eigenvalue weighted by Crippen LogP contribution is -2.40. The number of carboxylic acids is 1. The summed E-state index contributed by atoms with van der Waals surface area (Å²) in [5.41, 5.74) is 0. The van der Waals surface area contributed by atoms with Crippen molar-refractivity contribution < 1.29 is 14.7 Å². The second-order valence-electron chi connectivity index (χ2n) is 1.86. The summed E-state index contributed by atoms with van der Waals surface area (Å²) in [6, 6.07) is 0. The van der Waals surface area contributed by atoms with Crippen molar-refractivity contribution in [1.82, 2.24) is 5.01 Å². The lowest BCUT2D eigenvalue weighted by molar-refractivity contribution is -0.142. The molecule has 0 saturated carbocycles. The molecule has 0 aromatic heterocycles. The van der Waals surface area contributed by atoms with Crippen LogP contribution in [0.25, 0.3) is 0 Å². The largest absolute Gasteiger partial charge is 0.480 e. The Kier molecular flexibility index (Phi) is 3.90. The Morgan fingerprint density at radius 2 is 2.18 bits per heavy atom. The average molecular weight is 158 g/mol. The Labute approximate surface area is 64.1 Å². The number of rotatable bonds is 3. The van der Waals surface area contributed by atoms with Crippen molar-refractivity contribution in [3.63, 3.8) is 0 Å². The van der Waals surface area contributed by atoms with Gasteiger partial charge in [-0.1, -0.05) is 6.08 Å². The molecule has 0 radical (unpaired) electrons. The predicted octanol–water partition coefficient (Wildman–Crippen LogP) is -0.651. The lowest BCUT2D eigenvalue weighted by Gasteiger charge is -2.10. The van der Waals surface area contributed by atoms with Gasteiger partial charge in [0.15, 0.2) is 0 Å². The molecule has 0 spiro atoms. The van der Waals surface area contributed by atoms with Crippen molar-refractivity contribution in [2.75, 3.05) is 6.54 Å². The fraction of sp³-hybridized carbons (Fsp3) is 0.333. The van der Waals surface area contributed by atoms with Gasteiger partial charge in [0.1, 0.15) is 6.54 Å². The Balaban J connectivity index is 3.92. The molecular weight excluding hydrogens is 148 g/mol. The van der Waals surface area contributed by atoms with Gasteiger partial charge in [-0.05, 0) is 6.92 Å². The van der Waals surface area contributed by atoms with E-state index < -0.39 is 18.4 Å². The summed E-state index contributed by atoms with van der Waals surface area (Å²) in [5, 5.41) is 8.83. The summed E-state index contributed by atoms with van der Waals surface area (Å²) in [6.07, 6.45) is 2.69. The van der Waals surface area contributed by atoms with E-state index in [1.165, 1.54) is 12.2 Å². The molecule has 62 valence electrons. The first-order valence-electron chi connectivity index (χ1n) is 2.98. The van der Waals surface area contributed by atoms with Gasteiger partial charge >= 0.3 is 5.97 Å². The van der Waals surface area contributed by atoms with Crippen LogP contribution in [0.3, 0.4) is 0 Å². The third-order valence-corrected chi connectivity index (χ3v) is 0.898. The predicted molar refractivity (Wildman–Crippen MR) is 38.4 cm³/mol. The zero-order valence-electron chi connectivity index (χ0n) is 6.15. The number of nitrogens with zero attached hydrogens (tertiary/aromatic N) is 1. The summed E-state index contributed by atoms with van der Waals surface area (Å²) in [7, 11) is 0. The Bertz CT molecular complexity index is 188. The molecule has 5 heteroatoms. The summed E-state index contributed by atoms with van der Waals surface area (Å²) in [6.45, 7) is 1.16. The molecule has 0 aliphatic rings. The number of hydrogen-bond acceptors (Lipinski definition) is 3. The fourth-order valence-electron chi connectivity index (χ4n) is 0.462. The highest BCUT2D eigenvalue weighted by Gasteiger charge is 2.08. The zero-order chi connectivity index (χ0) is 8.85. The first kappa shape index (κ1) is 9.64. The highest BCUT2D eigenvalue weighted by atomic mass is 16.4. The number of allylic oxidation sites excluding steroid dienone is 1. The van der Waals surface area contributed by atoms with E-state index in [-0.39, 0.29) is 0 Å². The maximum absolute atomic E-state index is 10.7. The molecule has 0 rings (SSSR count). The smallest absolute Gasteiger partial charge is 0.324 e. The second-order valence-corrected chi connectivity index (χ2v) is 1.86. The lowest BCUT2D eigenvalue weighted by atomic mass is 10.4. The molecule has 0 saturated heterocycles. The van der Waals surface area contributed by atoms with Crippen molar-refractivity contribution in [3.05, 3.63) is 12.2 Å². The third-order valence-electron chi connectivity index (χ3n) is 0.898. The van der Waals surface area contributed by atoms with Crippen molar-refractivity contribution in [3.8, 4) is 0 Å². The Morgan fingerprint density at radius 3 is 2.55 bits per heavy atom. The van der Waals surface area contributed by atoms with Crippen molar-refractivity contribution in [1.29, 1.82) is 0 Å². The van der Waals surface area contributed by atoms with Gasteiger partial charge in [-0.2, -0.15) is 0 Å². The van der Waals surface area contributed by atoms with Crippen LogP contribution in [0.2, 0.25) is 0 Å². The van der Waals surface area contributed by atoms with Gasteiger partial charge in [-0.3, -0.25) is 14.6 Å². The number of carboxylic acid groups (broad SMARTS) is 1. The van der Waals surface area contributed by atoms with E-state index in [2.05, 4.69) is 0 Å². The SMILES string of the molecule is C/C=C/C(=O)N(N)CC(=O)O. The molecule has 0 atom stereocenters. The average Bonchev–Trinajstić information content (AvgIpc) is 1.86. The summed E-state index contributed by atoms with van der Waals surface area (Å²) < 4.78 is 0. The minimum atomic E-state index is -1.13. The molecule has 0 unspecified atom stereocenters. The van der Waals surface area contributed by atoms with Crippen LogP contribution >= 0.6 is 0 Å². The minimum absolute atomic E-state index is 0.483. The standard InChI is InChI=1S/C6H10N2O3/c1-2-3-5(9)8(7)4-6(10)11/h2-3H,4,7H2,1H3,(H,10,11)/b3-2+. The maximum Gasteiger partial charge on any atom is 0.324 e. The maximum atomic E-state index is 10.7. The van der Waals surface area contributed by atoms with E-state index in [0.29, 0.717) is 5.01 Å². The van der Waals surface area contributed by atoms with E-state index in [9.17, 15) is 9.59 Å². The van der Waals surface area contributed by atoms with Crippen LogP contribution < -0.4 is 5.84 Å². The zero-order valence-corrected chi connectivity index (χ0v) is 6.15. The molecule has 11 heavy (non-hydrogen) atoms. The number of aliphatic carboxylic acids is 1. The number of hydrazine groups is 1. The monoisotopic (exact) mass is 158 g/mol. The highest BCUT2D eigenvalue weighted by molar-refractivity contribution is 5.89. The number of carbonyl (C=O) groups excluding carboxylic acids is 1. The van der Waals surface area contributed by atoms with Crippen LogP contribution in [0.1, 0.15) is 6.92 Å². The van der Waals surface area contributed by atoms with Crippen LogP contribution in [-0.4, -0.2) is 28.5 Å². The molecule has 1 amide bonds. The van der Waals surface area contributed by atoms with Crippen LogP contribution in [0.15, 0.2) is 12.2 Å². The number of nitrogens with two attached hydrogens (primary N) is 1. The summed E-state index contributed by atoms with van der Waals surface area (Å²) >= 11 is 0. The molecular formula is C6H10N2O3. The fourth-order valence-corrected chi connectivity index (χ4v) is 0.462. The van der Waals surface area contributed by atoms with Gasteiger partial charge in [-0.25, -0.2) is 5.84 Å². The van der Waals surface area contributed by atoms with E-state index in [0.717, 1.165) is 0 Å². The van der Waals surface area contributed by atoms with Crippen LogP contribution in [-0.2, 0) is 9.59 Å². The molecule has 0 fully saturated rings. The van der Waals surface area contributed by atoms with Gasteiger partial charge < -0.3 is 5.11 Å². The van der Waals surface area contributed by atoms with Crippen LogP contribution in [0.5, 0.6) is 0 Å². The van der Waals surface area contributed by atoms with Gasteiger partial charge in [0, 0.05) is 6.08 Å². The number of carbonyl (C=O) groups is 2. The molecule has 0 aliphatic heterocycles. The third kappa shape index (κ3) is 4.10. The van der Waals surface area contributed by atoms with Gasteiger partial charge in [0.2, 0.25) is 0 Å². The summed E-state index contributed by atoms with van der Waals surface area (Å²) in [5.74, 6) is 3.40. The van der Waals surface area contributed by atoms with Crippen molar-refractivity contribution in [2.24, 2.45) is 5.84 Å². The molecule has 0 heterocycles. The molecule has 0 aromatic rings. The van der Waals surface area contributed by atoms with Crippen LogP contribution in [0.4, 0.5) is 0 Å². The first-order chi connectivity index (χ1) is 5.07. The van der Waals surface area contributed by atoms with E-state index in [1.807, 2.05) is 0 Å². The quantitative estimate of drug-likeness (QED) is 0.247. The molecule has 0 bridgehead atoms. The van der Waals surface area contributed by atoms with Crippen LogP contribution in [0, 0.1) is 0 Å². The van der Waals surface area contributed by atoms with Gasteiger partial charge in [0.25, 0.3) is 5.91 Å².